The van der Waals surface area contributed by atoms with Crippen molar-refractivity contribution < 1.29 is 0 Å². The van der Waals surface area contributed by atoms with Gasteiger partial charge in [-0.2, -0.15) is 0 Å². The molecule has 0 amide bonds. The molecule has 0 saturated heterocycles. The number of hydrogen-bond acceptors (Lipinski definition) is 2. The van der Waals surface area contributed by atoms with Gasteiger partial charge in [-0.25, -0.2) is 9.97 Å². The summed E-state index contributed by atoms with van der Waals surface area (Å²) in [5.74, 6) is 0. The lowest BCUT2D eigenvalue weighted by atomic mass is 9.77. The molecule has 1 aromatic heterocycles. The first-order valence-electron chi connectivity index (χ1n) is 7.98. The first-order chi connectivity index (χ1) is 11.6. The maximum absolute atomic E-state index is 6.21. The number of halogens is 1. The fraction of sp³-hybridized carbons (Fsp3) is 0.143. The van der Waals surface area contributed by atoms with Gasteiger partial charge in [0.05, 0.1) is 11.4 Å². The predicted octanol–water partition coefficient (Wildman–Crippen LogP) is 5.63. The van der Waals surface area contributed by atoms with E-state index < -0.39 is 0 Å². The molecule has 0 unspecified atom stereocenters. The highest BCUT2D eigenvalue weighted by atomic mass is 35.5. The molecule has 3 aromatic rings. The second-order valence-corrected chi connectivity index (χ2v) is 6.85. The number of nitrogens with zero attached hydrogens (tertiary/aromatic N) is 2. The van der Waals surface area contributed by atoms with Gasteiger partial charge in [-0.3, -0.25) is 0 Å². The van der Waals surface area contributed by atoms with Gasteiger partial charge in [-0.1, -0.05) is 74.5 Å². The van der Waals surface area contributed by atoms with E-state index >= 15 is 0 Å². The fourth-order valence-corrected chi connectivity index (χ4v) is 3.66. The monoisotopic (exact) mass is 332 g/mol. The molecule has 0 fully saturated rings. The smallest absolute Gasteiger partial charge is 0.218 e. The SMILES string of the molecule is CC1(C)C(c2ccccc2)=Cc2nc(Cl)nc(-c3ccccc3)c21. The zero-order valence-corrected chi connectivity index (χ0v) is 14.4. The predicted molar refractivity (Wildman–Crippen MR) is 99.8 cm³/mol. The van der Waals surface area contributed by atoms with Crippen LogP contribution in [0.2, 0.25) is 5.28 Å². The van der Waals surface area contributed by atoms with Gasteiger partial charge in [0, 0.05) is 16.5 Å². The van der Waals surface area contributed by atoms with Gasteiger partial charge in [0.15, 0.2) is 0 Å². The number of benzene rings is 2. The Bertz CT molecular complexity index is 929. The van der Waals surface area contributed by atoms with E-state index in [1.807, 2.05) is 24.3 Å². The summed E-state index contributed by atoms with van der Waals surface area (Å²) in [5.41, 5.74) is 6.29. The molecule has 0 radical (unpaired) electrons. The van der Waals surface area contributed by atoms with Crippen LogP contribution in [-0.4, -0.2) is 9.97 Å². The van der Waals surface area contributed by atoms with E-state index in [-0.39, 0.29) is 10.7 Å². The van der Waals surface area contributed by atoms with E-state index in [9.17, 15) is 0 Å². The Hall–Kier alpha value is -2.45. The lowest BCUT2D eigenvalue weighted by Gasteiger charge is -2.26. The van der Waals surface area contributed by atoms with Crippen molar-refractivity contribution in [3.8, 4) is 11.3 Å². The highest BCUT2D eigenvalue weighted by Gasteiger charge is 2.38. The van der Waals surface area contributed by atoms with Gasteiger partial charge in [0.1, 0.15) is 0 Å². The normalized spacial score (nSPS) is 15.0. The van der Waals surface area contributed by atoms with Crippen LogP contribution in [0.15, 0.2) is 60.7 Å². The summed E-state index contributed by atoms with van der Waals surface area (Å²) in [5, 5.41) is 0.286. The average molecular weight is 333 g/mol. The molecule has 0 atom stereocenters. The molecule has 118 valence electrons. The van der Waals surface area contributed by atoms with Gasteiger partial charge in [0.25, 0.3) is 0 Å². The van der Waals surface area contributed by atoms with Gasteiger partial charge in [-0.15, -0.1) is 0 Å². The van der Waals surface area contributed by atoms with Crippen molar-refractivity contribution in [2.24, 2.45) is 0 Å². The van der Waals surface area contributed by atoms with Crippen molar-refractivity contribution >= 4 is 23.3 Å². The molecule has 4 rings (SSSR count). The summed E-state index contributed by atoms with van der Waals surface area (Å²) in [6.07, 6.45) is 2.14. The minimum Gasteiger partial charge on any atom is -0.218 e. The maximum atomic E-state index is 6.21. The van der Waals surface area contributed by atoms with Crippen molar-refractivity contribution in [3.05, 3.63) is 82.8 Å². The van der Waals surface area contributed by atoms with E-state index in [1.54, 1.807) is 0 Å². The molecular weight excluding hydrogens is 316 g/mol. The van der Waals surface area contributed by atoms with E-state index in [1.165, 1.54) is 11.1 Å². The summed E-state index contributed by atoms with van der Waals surface area (Å²) >= 11 is 6.21. The van der Waals surface area contributed by atoms with Crippen LogP contribution >= 0.6 is 11.6 Å². The second-order valence-electron chi connectivity index (χ2n) is 6.52. The minimum atomic E-state index is -0.188. The van der Waals surface area contributed by atoms with E-state index in [4.69, 9.17) is 11.6 Å². The van der Waals surface area contributed by atoms with Gasteiger partial charge >= 0.3 is 0 Å². The second kappa shape index (κ2) is 5.57. The molecule has 0 aliphatic heterocycles. The third kappa shape index (κ3) is 2.35. The zero-order valence-electron chi connectivity index (χ0n) is 13.6. The van der Waals surface area contributed by atoms with Crippen molar-refractivity contribution in [2.75, 3.05) is 0 Å². The standard InChI is InChI=1S/C21H17ClN2/c1-21(2)16(14-9-5-3-6-10-14)13-17-18(21)19(24-20(22)23-17)15-11-7-4-8-12-15/h3-13H,1-2H3. The van der Waals surface area contributed by atoms with E-state index in [0.29, 0.717) is 0 Å². The molecule has 0 N–H and O–H groups in total. The third-order valence-electron chi connectivity index (χ3n) is 4.62. The number of rotatable bonds is 2. The highest BCUT2D eigenvalue weighted by molar-refractivity contribution is 6.28. The van der Waals surface area contributed by atoms with Crippen LogP contribution < -0.4 is 0 Å². The van der Waals surface area contributed by atoms with Crippen molar-refractivity contribution in [1.29, 1.82) is 0 Å². The van der Waals surface area contributed by atoms with Crippen LogP contribution in [0.3, 0.4) is 0 Å². The third-order valence-corrected chi connectivity index (χ3v) is 4.79. The molecule has 2 aromatic carbocycles. The molecule has 1 aliphatic carbocycles. The average Bonchev–Trinajstić information content (AvgIpc) is 2.86. The molecule has 3 heteroatoms. The number of fused-ring (bicyclic) bond motifs is 1. The number of hydrogen-bond donors (Lipinski definition) is 0. The Labute approximate surface area is 146 Å². The van der Waals surface area contributed by atoms with Crippen LogP contribution in [0.1, 0.15) is 30.7 Å². The number of allylic oxidation sites excluding steroid dienone is 1. The summed E-state index contributed by atoms with van der Waals surface area (Å²) in [4.78, 5) is 9.05. The summed E-state index contributed by atoms with van der Waals surface area (Å²) in [7, 11) is 0. The molecule has 0 saturated carbocycles. The van der Waals surface area contributed by atoms with Crippen molar-refractivity contribution in [3.63, 3.8) is 0 Å². The minimum absolute atomic E-state index is 0.188. The Morgan fingerprint density at radius 3 is 2.00 bits per heavy atom. The Kier molecular flexibility index (Phi) is 3.50. The molecule has 0 spiro atoms. The Morgan fingerprint density at radius 2 is 1.38 bits per heavy atom. The lowest BCUT2D eigenvalue weighted by molar-refractivity contribution is 0.698. The zero-order chi connectivity index (χ0) is 16.7. The Balaban J connectivity index is 1.95. The van der Waals surface area contributed by atoms with E-state index in [2.05, 4.69) is 66.3 Å². The molecule has 1 heterocycles. The van der Waals surface area contributed by atoms with Gasteiger partial charge in [0.2, 0.25) is 5.28 Å². The summed E-state index contributed by atoms with van der Waals surface area (Å²) in [6, 6.07) is 20.6. The number of aromatic nitrogens is 2. The van der Waals surface area contributed by atoms with Crippen LogP contribution in [-0.2, 0) is 5.41 Å². The Morgan fingerprint density at radius 1 is 0.792 bits per heavy atom. The van der Waals surface area contributed by atoms with Crippen molar-refractivity contribution in [2.45, 2.75) is 19.3 Å². The summed E-state index contributed by atoms with van der Waals surface area (Å²) < 4.78 is 0. The lowest BCUT2D eigenvalue weighted by Crippen LogP contribution is -2.19. The summed E-state index contributed by atoms with van der Waals surface area (Å²) in [6.45, 7) is 4.45. The maximum Gasteiger partial charge on any atom is 0.223 e. The van der Waals surface area contributed by atoms with E-state index in [0.717, 1.165) is 22.5 Å². The first kappa shape index (κ1) is 15.1. The van der Waals surface area contributed by atoms with Crippen LogP contribution in [0.5, 0.6) is 0 Å². The highest BCUT2D eigenvalue weighted by Crippen LogP contribution is 2.49. The van der Waals surface area contributed by atoms with Crippen LogP contribution in [0, 0.1) is 0 Å². The van der Waals surface area contributed by atoms with Gasteiger partial charge in [-0.05, 0) is 28.8 Å². The molecular formula is C21H17ClN2. The van der Waals surface area contributed by atoms with Gasteiger partial charge < -0.3 is 0 Å². The largest absolute Gasteiger partial charge is 0.223 e. The molecule has 1 aliphatic rings. The fourth-order valence-electron chi connectivity index (χ4n) is 3.49. The van der Waals surface area contributed by atoms with Crippen LogP contribution in [0.25, 0.3) is 22.9 Å². The quantitative estimate of drug-likeness (QED) is 0.568. The van der Waals surface area contributed by atoms with Crippen molar-refractivity contribution in [1.82, 2.24) is 9.97 Å². The topological polar surface area (TPSA) is 25.8 Å². The van der Waals surface area contributed by atoms with Crippen LogP contribution in [0.4, 0.5) is 0 Å². The molecule has 2 nitrogen and oxygen atoms in total. The molecule has 24 heavy (non-hydrogen) atoms. The first-order valence-corrected chi connectivity index (χ1v) is 8.36. The molecule has 0 bridgehead atoms.